The highest BCUT2D eigenvalue weighted by Gasteiger charge is 2.13. The quantitative estimate of drug-likeness (QED) is 0.603. The molecule has 0 saturated carbocycles. The molecule has 0 unspecified atom stereocenters. The number of aromatic nitrogens is 1. The third-order valence-electron chi connectivity index (χ3n) is 4.49. The lowest BCUT2D eigenvalue weighted by Gasteiger charge is -2.12. The maximum atomic E-state index is 12.9. The van der Waals surface area contributed by atoms with Crippen molar-refractivity contribution in [2.75, 3.05) is 33.8 Å². The smallest absolute Gasteiger partial charge is 0.252 e. The molecule has 0 atom stereocenters. The fraction of sp³-hybridized carbons (Fsp3) is 0.304. The minimum Gasteiger partial charge on any atom is -0.494 e. The van der Waals surface area contributed by atoms with Crippen LogP contribution in [-0.4, -0.2) is 49.6 Å². The molecule has 1 amide bonds. The lowest BCUT2D eigenvalue weighted by Crippen LogP contribution is -2.27. The van der Waals surface area contributed by atoms with Crippen LogP contribution < -0.4 is 10.1 Å². The number of hydrogen-bond donors (Lipinski definition) is 1. The highest BCUT2D eigenvalue weighted by molar-refractivity contribution is 6.07. The normalized spacial score (nSPS) is 11.0. The Bertz CT molecular complexity index is 936. The minimum atomic E-state index is -0.0652. The van der Waals surface area contributed by atoms with Gasteiger partial charge in [-0.15, -0.1) is 0 Å². The van der Waals surface area contributed by atoms with Crippen LogP contribution in [0.5, 0.6) is 5.75 Å². The van der Waals surface area contributed by atoms with Crippen LogP contribution in [0.25, 0.3) is 22.2 Å². The molecule has 0 aliphatic rings. The van der Waals surface area contributed by atoms with Gasteiger partial charge in [0.2, 0.25) is 0 Å². The van der Waals surface area contributed by atoms with Crippen LogP contribution in [0.15, 0.2) is 54.6 Å². The standard InChI is InChI=1S/C23H27N3O2/c1-4-28-18-12-10-17(11-13-18)22-16-20(19-8-5-6-9-21(19)25-22)23(27)24-14-7-15-26(2)3/h5-6,8-13,16H,4,7,14-15H2,1-3H3,(H,24,27). The summed E-state index contributed by atoms with van der Waals surface area (Å²) >= 11 is 0. The second kappa shape index (κ2) is 9.33. The van der Waals surface area contributed by atoms with Crippen molar-refractivity contribution in [2.24, 2.45) is 0 Å². The fourth-order valence-electron chi connectivity index (χ4n) is 3.09. The van der Waals surface area contributed by atoms with Gasteiger partial charge in [-0.2, -0.15) is 0 Å². The molecular weight excluding hydrogens is 350 g/mol. The molecule has 5 heteroatoms. The molecule has 146 valence electrons. The van der Waals surface area contributed by atoms with Crippen LogP contribution in [0.4, 0.5) is 0 Å². The molecule has 3 aromatic rings. The molecule has 1 heterocycles. The molecule has 5 nitrogen and oxygen atoms in total. The van der Waals surface area contributed by atoms with E-state index in [4.69, 9.17) is 9.72 Å². The van der Waals surface area contributed by atoms with Crippen LogP contribution in [0.1, 0.15) is 23.7 Å². The third-order valence-corrected chi connectivity index (χ3v) is 4.49. The van der Waals surface area contributed by atoms with Gasteiger partial charge in [-0.05, 0) is 70.4 Å². The van der Waals surface area contributed by atoms with E-state index in [0.717, 1.165) is 40.9 Å². The number of fused-ring (bicyclic) bond motifs is 1. The number of carbonyl (C=O) groups excluding carboxylic acids is 1. The number of hydrogen-bond acceptors (Lipinski definition) is 4. The van der Waals surface area contributed by atoms with Crippen molar-refractivity contribution in [2.45, 2.75) is 13.3 Å². The van der Waals surface area contributed by atoms with Gasteiger partial charge in [0.05, 0.1) is 23.4 Å². The van der Waals surface area contributed by atoms with Gasteiger partial charge in [-0.3, -0.25) is 4.79 Å². The SMILES string of the molecule is CCOc1ccc(-c2cc(C(=O)NCCCN(C)C)c3ccccc3n2)cc1. The topological polar surface area (TPSA) is 54.5 Å². The Hall–Kier alpha value is -2.92. The molecule has 0 aliphatic carbocycles. The predicted octanol–water partition coefficient (Wildman–Crippen LogP) is 3.98. The maximum Gasteiger partial charge on any atom is 0.252 e. The average Bonchev–Trinajstić information content (AvgIpc) is 2.71. The van der Waals surface area contributed by atoms with Crippen LogP contribution in [0, 0.1) is 0 Å². The summed E-state index contributed by atoms with van der Waals surface area (Å²) in [6.07, 6.45) is 0.910. The van der Waals surface area contributed by atoms with Gasteiger partial charge >= 0.3 is 0 Å². The third kappa shape index (κ3) is 4.87. The van der Waals surface area contributed by atoms with Gasteiger partial charge in [0, 0.05) is 17.5 Å². The zero-order valence-electron chi connectivity index (χ0n) is 16.7. The number of benzene rings is 2. The summed E-state index contributed by atoms with van der Waals surface area (Å²) in [7, 11) is 4.06. The van der Waals surface area contributed by atoms with E-state index >= 15 is 0 Å². The number of nitrogens with one attached hydrogen (secondary N) is 1. The van der Waals surface area contributed by atoms with Gasteiger partial charge < -0.3 is 15.0 Å². The summed E-state index contributed by atoms with van der Waals surface area (Å²) in [6.45, 7) is 4.18. The molecule has 28 heavy (non-hydrogen) atoms. The average molecular weight is 377 g/mol. The van der Waals surface area contributed by atoms with Crippen molar-refractivity contribution in [1.29, 1.82) is 0 Å². The molecule has 3 rings (SSSR count). The summed E-state index contributed by atoms with van der Waals surface area (Å²) in [5.41, 5.74) is 3.20. The Labute approximate surface area is 166 Å². The summed E-state index contributed by atoms with van der Waals surface area (Å²) in [5, 5.41) is 3.90. The van der Waals surface area contributed by atoms with Crippen LogP contribution in [0.3, 0.4) is 0 Å². The van der Waals surface area contributed by atoms with E-state index < -0.39 is 0 Å². The first kappa shape index (κ1) is 19.8. The highest BCUT2D eigenvalue weighted by Crippen LogP contribution is 2.26. The molecule has 2 aromatic carbocycles. The second-order valence-corrected chi connectivity index (χ2v) is 6.94. The number of para-hydroxylation sites is 1. The Morgan fingerprint density at radius 1 is 1.11 bits per heavy atom. The first-order chi connectivity index (χ1) is 13.6. The van der Waals surface area contributed by atoms with Gasteiger partial charge in [0.25, 0.3) is 5.91 Å². The fourth-order valence-corrected chi connectivity index (χ4v) is 3.09. The minimum absolute atomic E-state index is 0.0652. The number of nitrogens with zero attached hydrogens (tertiary/aromatic N) is 2. The monoisotopic (exact) mass is 377 g/mol. The van der Waals surface area contributed by atoms with Crippen molar-refractivity contribution in [3.8, 4) is 17.0 Å². The maximum absolute atomic E-state index is 12.9. The van der Waals surface area contributed by atoms with E-state index in [2.05, 4.69) is 10.2 Å². The summed E-state index contributed by atoms with van der Waals surface area (Å²) in [5.74, 6) is 0.760. The zero-order chi connectivity index (χ0) is 19.9. The van der Waals surface area contributed by atoms with E-state index in [1.54, 1.807) is 0 Å². The summed E-state index contributed by atoms with van der Waals surface area (Å²) in [6, 6.07) is 17.4. The number of ether oxygens (including phenoxy) is 1. The summed E-state index contributed by atoms with van der Waals surface area (Å²) < 4.78 is 5.51. The molecule has 1 aromatic heterocycles. The lowest BCUT2D eigenvalue weighted by atomic mass is 10.0. The molecule has 0 aliphatic heterocycles. The molecule has 0 fully saturated rings. The van der Waals surface area contributed by atoms with Crippen LogP contribution in [-0.2, 0) is 0 Å². The molecule has 0 saturated heterocycles. The number of carbonyl (C=O) groups is 1. The zero-order valence-corrected chi connectivity index (χ0v) is 16.7. The first-order valence-corrected chi connectivity index (χ1v) is 9.64. The van der Waals surface area contributed by atoms with E-state index in [-0.39, 0.29) is 5.91 Å². The van der Waals surface area contributed by atoms with Gasteiger partial charge in [-0.1, -0.05) is 18.2 Å². The van der Waals surface area contributed by atoms with Gasteiger partial charge in [0.1, 0.15) is 5.75 Å². The van der Waals surface area contributed by atoms with Crippen molar-refractivity contribution in [3.05, 3.63) is 60.2 Å². The lowest BCUT2D eigenvalue weighted by molar-refractivity contribution is 0.0954. The second-order valence-electron chi connectivity index (χ2n) is 6.94. The Kier molecular flexibility index (Phi) is 6.61. The van der Waals surface area contributed by atoms with Crippen LogP contribution in [0.2, 0.25) is 0 Å². The summed E-state index contributed by atoms with van der Waals surface area (Å²) in [4.78, 5) is 19.7. The van der Waals surface area contributed by atoms with E-state index in [1.807, 2.05) is 75.6 Å². The Balaban J connectivity index is 1.89. The first-order valence-electron chi connectivity index (χ1n) is 9.64. The van der Waals surface area contributed by atoms with Crippen molar-refractivity contribution < 1.29 is 9.53 Å². The van der Waals surface area contributed by atoms with Gasteiger partial charge in [-0.25, -0.2) is 4.98 Å². The highest BCUT2D eigenvalue weighted by atomic mass is 16.5. The molecule has 0 bridgehead atoms. The van der Waals surface area contributed by atoms with Crippen molar-refractivity contribution >= 4 is 16.8 Å². The van der Waals surface area contributed by atoms with Crippen molar-refractivity contribution in [1.82, 2.24) is 15.2 Å². The van der Waals surface area contributed by atoms with E-state index in [1.165, 1.54) is 0 Å². The Morgan fingerprint density at radius 3 is 2.57 bits per heavy atom. The van der Waals surface area contributed by atoms with Crippen molar-refractivity contribution in [3.63, 3.8) is 0 Å². The molecule has 0 spiro atoms. The predicted molar refractivity (Wildman–Crippen MR) is 114 cm³/mol. The van der Waals surface area contributed by atoms with E-state index in [9.17, 15) is 4.79 Å². The molecule has 0 radical (unpaired) electrons. The number of pyridine rings is 1. The van der Waals surface area contributed by atoms with Crippen LogP contribution >= 0.6 is 0 Å². The Morgan fingerprint density at radius 2 is 1.86 bits per heavy atom. The molecule has 1 N–H and O–H groups in total. The van der Waals surface area contributed by atoms with E-state index in [0.29, 0.717) is 18.7 Å². The number of rotatable bonds is 8. The molecular formula is C23H27N3O2. The largest absolute Gasteiger partial charge is 0.494 e. The number of amides is 1. The van der Waals surface area contributed by atoms with Gasteiger partial charge in [0.15, 0.2) is 0 Å².